The zero-order chi connectivity index (χ0) is 16.9. The number of hydrogen-bond acceptors (Lipinski definition) is 5. The number of carbonyl (C=O) groups excluding carboxylic acids is 1. The van der Waals surface area contributed by atoms with Crippen molar-refractivity contribution in [2.75, 3.05) is 13.2 Å². The van der Waals surface area contributed by atoms with Gasteiger partial charge in [0.25, 0.3) is 5.91 Å². The topological polar surface area (TPSA) is 73.6 Å². The number of carbonyl (C=O) groups is 1. The van der Waals surface area contributed by atoms with Crippen LogP contribution in [0.2, 0.25) is 0 Å². The maximum atomic E-state index is 12.1. The lowest BCUT2D eigenvalue weighted by molar-refractivity contribution is 0.0857. The lowest BCUT2D eigenvalue weighted by Gasteiger charge is -2.11. The van der Waals surface area contributed by atoms with E-state index in [1.54, 1.807) is 24.3 Å². The second-order valence-electron chi connectivity index (χ2n) is 5.96. The predicted octanol–water partition coefficient (Wildman–Crippen LogP) is 2.78. The molecule has 1 aromatic heterocycles. The highest BCUT2D eigenvalue weighted by Gasteiger charge is 2.16. The van der Waals surface area contributed by atoms with E-state index in [9.17, 15) is 4.79 Å². The zero-order valence-electron chi connectivity index (χ0n) is 14.0. The van der Waals surface area contributed by atoms with Gasteiger partial charge in [0.05, 0.1) is 17.4 Å². The van der Waals surface area contributed by atoms with Gasteiger partial charge < -0.3 is 19.3 Å². The van der Waals surface area contributed by atoms with Crippen molar-refractivity contribution in [3.05, 3.63) is 46.8 Å². The van der Waals surface area contributed by atoms with Crippen molar-refractivity contribution in [2.45, 2.75) is 39.4 Å². The monoisotopic (exact) mass is 330 g/mol. The lowest BCUT2D eigenvalue weighted by atomic mass is 10.2. The number of aryl methyl sites for hydroxylation is 2. The molecule has 0 bridgehead atoms. The van der Waals surface area contributed by atoms with Crippen LogP contribution < -0.4 is 10.1 Å². The van der Waals surface area contributed by atoms with Crippen molar-refractivity contribution in [2.24, 2.45) is 0 Å². The minimum absolute atomic E-state index is 0.0947. The Balaban J connectivity index is 1.52. The molecule has 1 amide bonds. The number of benzene rings is 1. The summed E-state index contributed by atoms with van der Waals surface area (Å²) < 4.78 is 16.3. The van der Waals surface area contributed by atoms with Gasteiger partial charge in [-0.15, -0.1) is 0 Å². The zero-order valence-corrected chi connectivity index (χ0v) is 14.0. The third-order valence-electron chi connectivity index (χ3n) is 4.20. The first-order valence-electron chi connectivity index (χ1n) is 8.18. The van der Waals surface area contributed by atoms with Crippen LogP contribution in [-0.4, -0.2) is 30.3 Å². The summed E-state index contributed by atoms with van der Waals surface area (Å²) in [6.45, 7) is 5.49. The maximum absolute atomic E-state index is 12.1. The summed E-state index contributed by atoms with van der Waals surface area (Å²) in [6.07, 6.45) is 2.22. The summed E-state index contributed by atoms with van der Waals surface area (Å²) in [4.78, 5) is 12.1. The van der Waals surface area contributed by atoms with E-state index in [0.29, 0.717) is 24.5 Å². The van der Waals surface area contributed by atoms with E-state index < -0.39 is 0 Å². The lowest BCUT2D eigenvalue weighted by Crippen LogP contribution is -2.31. The molecule has 6 heteroatoms. The predicted molar refractivity (Wildman–Crippen MR) is 88.1 cm³/mol. The van der Waals surface area contributed by atoms with Crippen molar-refractivity contribution in [1.29, 1.82) is 0 Å². The molecule has 1 saturated heterocycles. The van der Waals surface area contributed by atoms with Crippen molar-refractivity contribution in [1.82, 2.24) is 10.5 Å². The Labute approximate surface area is 141 Å². The molecule has 0 radical (unpaired) electrons. The second-order valence-corrected chi connectivity index (χ2v) is 5.96. The van der Waals surface area contributed by atoms with E-state index in [0.717, 1.165) is 36.5 Å². The number of hydrogen-bond donors (Lipinski definition) is 1. The van der Waals surface area contributed by atoms with Crippen molar-refractivity contribution < 1.29 is 18.8 Å². The molecule has 0 aliphatic carbocycles. The molecule has 6 nitrogen and oxygen atoms in total. The molecule has 24 heavy (non-hydrogen) atoms. The largest absolute Gasteiger partial charge is 0.489 e. The van der Waals surface area contributed by atoms with Gasteiger partial charge >= 0.3 is 0 Å². The summed E-state index contributed by atoms with van der Waals surface area (Å²) in [7, 11) is 0. The first-order valence-corrected chi connectivity index (χ1v) is 8.18. The van der Waals surface area contributed by atoms with Crippen LogP contribution in [0.3, 0.4) is 0 Å². The molecule has 2 heterocycles. The van der Waals surface area contributed by atoms with Gasteiger partial charge in [0.15, 0.2) is 0 Å². The van der Waals surface area contributed by atoms with Crippen molar-refractivity contribution >= 4 is 5.91 Å². The molecule has 0 spiro atoms. The molecular formula is C18H22N2O4. The molecule has 1 N–H and O–H groups in total. The standard InChI is InChI=1S/C18H22N2O4/c1-12-17(13(2)24-20-12)11-23-15-7-5-14(6-8-15)18(21)19-10-16-4-3-9-22-16/h5-8,16H,3-4,9-11H2,1-2H3,(H,19,21)/t16-/m1/s1. The maximum Gasteiger partial charge on any atom is 0.251 e. The number of rotatable bonds is 6. The summed E-state index contributed by atoms with van der Waals surface area (Å²) in [5, 5.41) is 6.80. The van der Waals surface area contributed by atoms with Crippen LogP contribution in [0.15, 0.2) is 28.8 Å². The molecule has 1 aliphatic rings. The Morgan fingerprint density at radius 2 is 2.12 bits per heavy atom. The molecular weight excluding hydrogens is 308 g/mol. The SMILES string of the molecule is Cc1noc(C)c1COc1ccc(C(=O)NC[C@H]2CCCO2)cc1. The van der Waals surface area contributed by atoms with Gasteiger partial charge in [-0.3, -0.25) is 4.79 Å². The molecule has 1 fully saturated rings. The van der Waals surface area contributed by atoms with E-state index in [2.05, 4.69) is 10.5 Å². The van der Waals surface area contributed by atoms with Gasteiger partial charge in [-0.2, -0.15) is 0 Å². The fraction of sp³-hybridized carbons (Fsp3) is 0.444. The number of amides is 1. The third-order valence-corrected chi connectivity index (χ3v) is 4.20. The Bertz CT molecular complexity index is 668. The quantitative estimate of drug-likeness (QED) is 0.881. The van der Waals surface area contributed by atoms with Crippen LogP contribution in [0.25, 0.3) is 0 Å². The Morgan fingerprint density at radius 3 is 2.75 bits per heavy atom. The molecule has 2 aromatic rings. The summed E-state index contributed by atoms with van der Waals surface area (Å²) in [6, 6.07) is 7.10. The highest BCUT2D eigenvalue weighted by atomic mass is 16.5. The van der Waals surface area contributed by atoms with E-state index in [-0.39, 0.29) is 12.0 Å². The average Bonchev–Trinajstić information content (AvgIpc) is 3.22. The van der Waals surface area contributed by atoms with E-state index in [1.807, 2.05) is 13.8 Å². The van der Waals surface area contributed by atoms with Crippen LogP contribution in [0, 0.1) is 13.8 Å². The van der Waals surface area contributed by atoms with Gasteiger partial charge in [0, 0.05) is 18.7 Å². The van der Waals surface area contributed by atoms with E-state index in [1.165, 1.54) is 0 Å². The normalized spacial score (nSPS) is 17.0. The first-order chi connectivity index (χ1) is 11.6. The highest BCUT2D eigenvalue weighted by Crippen LogP contribution is 2.18. The van der Waals surface area contributed by atoms with Crippen molar-refractivity contribution in [3.63, 3.8) is 0 Å². The molecule has 0 unspecified atom stereocenters. The van der Waals surface area contributed by atoms with Crippen LogP contribution >= 0.6 is 0 Å². The van der Waals surface area contributed by atoms with Gasteiger partial charge in [0.1, 0.15) is 18.1 Å². The minimum atomic E-state index is -0.0947. The van der Waals surface area contributed by atoms with Gasteiger partial charge in [-0.1, -0.05) is 5.16 Å². The first kappa shape index (κ1) is 16.5. The number of ether oxygens (including phenoxy) is 2. The fourth-order valence-corrected chi connectivity index (χ4v) is 2.68. The van der Waals surface area contributed by atoms with Crippen molar-refractivity contribution in [3.8, 4) is 5.75 Å². The molecule has 1 aromatic carbocycles. The molecule has 0 saturated carbocycles. The van der Waals surface area contributed by atoms with E-state index in [4.69, 9.17) is 14.0 Å². The Kier molecular flexibility index (Phi) is 5.15. The van der Waals surface area contributed by atoms with Gasteiger partial charge in [-0.25, -0.2) is 0 Å². The smallest absolute Gasteiger partial charge is 0.251 e. The molecule has 1 atom stereocenters. The summed E-state index contributed by atoms with van der Waals surface area (Å²) in [5.74, 6) is 1.37. The van der Waals surface area contributed by atoms with E-state index >= 15 is 0 Å². The van der Waals surface area contributed by atoms with Crippen LogP contribution in [0.4, 0.5) is 0 Å². The highest BCUT2D eigenvalue weighted by molar-refractivity contribution is 5.94. The fourth-order valence-electron chi connectivity index (χ4n) is 2.68. The molecule has 3 rings (SSSR count). The van der Waals surface area contributed by atoms with Crippen LogP contribution in [0.1, 0.15) is 40.2 Å². The Morgan fingerprint density at radius 1 is 1.33 bits per heavy atom. The number of nitrogens with zero attached hydrogens (tertiary/aromatic N) is 1. The molecule has 128 valence electrons. The third kappa shape index (κ3) is 3.94. The minimum Gasteiger partial charge on any atom is -0.489 e. The summed E-state index contributed by atoms with van der Waals surface area (Å²) in [5.41, 5.74) is 2.39. The van der Waals surface area contributed by atoms with Gasteiger partial charge in [-0.05, 0) is 51.0 Å². The number of aromatic nitrogens is 1. The Hall–Kier alpha value is -2.34. The average molecular weight is 330 g/mol. The second kappa shape index (κ2) is 7.49. The molecule has 1 aliphatic heterocycles. The van der Waals surface area contributed by atoms with Gasteiger partial charge in [0.2, 0.25) is 0 Å². The number of nitrogens with one attached hydrogen (secondary N) is 1. The van der Waals surface area contributed by atoms with Crippen LogP contribution in [0.5, 0.6) is 5.75 Å². The van der Waals surface area contributed by atoms with Crippen LogP contribution in [-0.2, 0) is 11.3 Å². The summed E-state index contributed by atoms with van der Waals surface area (Å²) >= 11 is 0.